The highest BCUT2D eigenvalue weighted by atomic mass is 35.5. The lowest BCUT2D eigenvalue weighted by Gasteiger charge is -2.34. The number of nitrogens with zero attached hydrogens (tertiary/aromatic N) is 1. The molecule has 0 heterocycles. The zero-order chi connectivity index (χ0) is 13.1. The monoisotopic (exact) mass is 265 g/mol. The van der Waals surface area contributed by atoms with E-state index in [0.29, 0.717) is 5.78 Å². The summed E-state index contributed by atoms with van der Waals surface area (Å²) in [7, 11) is 2.03. The molecule has 1 aromatic carbocycles. The van der Waals surface area contributed by atoms with Crippen molar-refractivity contribution in [1.82, 2.24) is 4.90 Å². The minimum absolute atomic E-state index is 0.0602. The summed E-state index contributed by atoms with van der Waals surface area (Å²) in [6.07, 6.45) is 3.90. The van der Waals surface area contributed by atoms with Gasteiger partial charge in [0.15, 0.2) is 0 Å². The Kier molecular flexibility index (Phi) is 4.41. The smallest absolute Gasteiger partial charge is 0.149 e. The Morgan fingerprint density at radius 1 is 1.33 bits per heavy atom. The van der Waals surface area contributed by atoms with Crippen LogP contribution in [0.2, 0.25) is 5.02 Å². The second-order valence-electron chi connectivity index (χ2n) is 5.09. The van der Waals surface area contributed by atoms with Gasteiger partial charge in [-0.1, -0.05) is 36.2 Å². The van der Waals surface area contributed by atoms with Gasteiger partial charge >= 0.3 is 0 Å². The van der Waals surface area contributed by atoms with E-state index in [1.165, 1.54) is 0 Å². The molecule has 0 aromatic heterocycles. The van der Waals surface area contributed by atoms with Crippen LogP contribution in [0.15, 0.2) is 24.3 Å². The SMILES string of the molecule is CC(c1ccccc1Cl)N(C)C1CCCCC1=O. The first-order chi connectivity index (χ1) is 8.61. The number of carbonyl (C=O) groups excluding carboxylic acids is 1. The second kappa shape index (κ2) is 5.85. The molecule has 0 bridgehead atoms. The predicted octanol–water partition coefficient (Wildman–Crippen LogP) is 3.84. The molecule has 98 valence electrons. The predicted molar refractivity (Wildman–Crippen MR) is 74.9 cm³/mol. The first kappa shape index (κ1) is 13.6. The molecule has 18 heavy (non-hydrogen) atoms. The van der Waals surface area contributed by atoms with Crippen molar-refractivity contribution in [3.8, 4) is 0 Å². The van der Waals surface area contributed by atoms with Gasteiger partial charge in [-0.05, 0) is 38.4 Å². The Bertz CT molecular complexity index is 432. The van der Waals surface area contributed by atoms with Crippen LogP contribution in [0.4, 0.5) is 0 Å². The van der Waals surface area contributed by atoms with Gasteiger partial charge in [0.25, 0.3) is 0 Å². The van der Waals surface area contributed by atoms with E-state index in [2.05, 4.69) is 11.8 Å². The van der Waals surface area contributed by atoms with Crippen LogP contribution < -0.4 is 0 Å². The van der Waals surface area contributed by atoms with Crippen LogP contribution in [0.25, 0.3) is 0 Å². The van der Waals surface area contributed by atoms with Crippen molar-refractivity contribution < 1.29 is 4.79 Å². The standard InChI is InChI=1S/C15H20ClNO/c1-11(12-7-3-4-8-13(12)16)17(2)14-9-5-6-10-15(14)18/h3-4,7-8,11,14H,5-6,9-10H2,1-2H3. The van der Waals surface area contributed by atoms with E-state index in [1.807, 2.05) is 31.3 Å². The summed E-state index contributed by atoms with van der Waals surface area (Å²) in [6, 6.07) is 8.11. The molecule has 1 aliphatic rings. The van der Waals surface area contributed by atoms with Gasteiger partial charge < -0.3 is 0 Å². The molecule has 0 N–H and O–H groups in total. The van der Waals surface area contributed by atoms with Gasteiger partial charge in [0, 0.05) is 17.5 Å². The molecule has 0 radical (unpaired) electrons. The minimum atomic E-state index is 0.0602. The van der Waals surface area contributed by atoms with Gasteiger partial charge in [0.1, 0.15) is 5.78 Å². The van der Waals surface area contributed by atoms with E-state index in [1.54, 1.807) is 0 Å². The third kappa shape index (κ3) is 2.76. The maximum absolute atomic E-state index is 12.0. The number of Topliss-reactive ketones (excluding diaryl/α,β-unsaturated/α-hetero) is 1. The van der Waals surface area contributed by atoms with Crippen molar-refractivity contribution in [1.29, 1.82) is 0 Å². The first-order valence-corrected chi connectivity index (χ1v) is 6.98. The van der Waals surface area contributed by atoms with Crippen molar-refractivity contribution in [2.75, 3.05) is 7.05 Å². The Labute approximate surface area is 114 Å². The maximum atomic E-state index is 12.0. The number of carbonyl (C=O) groups is 1. The number of rotatable bonds is 3. The number of halogens is 1. The molecule has 1 saturated carbocycles. The van der Waals surface area contributed by atoms with E-state index < -0.39 is 0 Å². The van der Waals surface area contributed by atoms with Gasteiger partial charge in [-0.25, -0.2) is 0 Å². The largest absolute Gasteiger partial charge is 0.298 e. The van der Waals surface area contributed by atoms with Gasteiger partial charge in [0.05, 0.1) is 6.04 Å². The fraction of sp³-hybridized carbons (Fsp3) is 0.533. The molecule has 0 aliphatic heterocycles. The van der Waals surface area contributed by atoms with E-state index in [4.69, 9.17) is 11.6 Å². The quantitative estimate of drug-likeness (QED) is 0.828. The summed E-state index contributed by atoms with van der Waals surface area (Å²) in [4.78, 5) is 14.2. The van der Waals surface area contributed by atoms with Crippen molar-refractivity contribution >= 4 is 17.4 Å². The number of ketones is 1. The van der Waals surface area contributed by atoms with Crippen molar-refractivity contribution in [2.24, 2.45) is 0 Å². The van der Waals surface area contributed by atoms with Crippen LogP contribution in [-0.4, -0.2) is 23.8 Å². The molecule has 1 fully saturated rings. The molecule has 2 rings (SSSR count). The summed E-state index contributed by atoms with van der Waals surface area (Å²) in [5.74, 6) is 0.377. The average molecular weight is 266 g/mol. The minimum Gasteiger partial charge on any atom is -0.298 e. The normalized spacial score (nSPS) is 22.2. The molecule has 1 aliphatic carbocycles. The Morgan fingerprint density at radius 2 is 2.06 bits per heavy atom. The fourth-order valence-electron chi connectivity index (χ4n) is 2.70. The molecule has 0 spiro atoms. The van der Waals surface area contributed by atoms with Gasteiger partial charge in [0.2, 0.25) is 0 Å². The number of hydrogen-bond acceptors (Lipinski definition) is 2. The number of hydrogen-bond donors (Lipinski definition) is 0. The van der Waals surface area contributed by atoms with Crippen LogP contribution in [0.3, 0.4) is 0 Å². The third-order valence-electron chi connectivity index (χ3n) is 3.98. The molecule has 2 nitrogen and oxygen atoms in total. The maximum Gasteiger partial charge on any atom is 0.149 e. The van der Waals surface area contributed by atoms with Crippen molar-refractivity contribution in [3.63, 3.8) is 0 Å². The number of likely N-dealkylation sites (N-methyl/N-ethyl adjacent to an activating group) is 1. The van der Waals surface area contributed by atoms with Crippen LogP contribution in [0.5, 0.6) is 0 Å². The Balaban J connectivity index is 2.15. The summed E-state index contributed by atoms with van der Waals surface area (Å²) >= 11 is 6.23. The molecule has 2 unspecified atom stereocenters. The average Bonchev–Trinajstić information content (AvgIpc) is 2.38. The lowest BCUT2D eigenvalue weighted by molar-refractivity contribution is -0.126. The lowest BCUT2D eigenvalue weighted by Crippen LogP contribution is -2.41. The highest BCUT2D eigenvalue weighted by molar-refractivity contribution is 6.31. The highest BCUT2D eigenvalue weighted by Gasteiger charge is 2.29. The van der Waals surface area contributed by atoms with Crippen LogP contribution in [0.1, 0.15) is 44.2 Å². The van der Waals surface area contributed by atoms with Crippen LogP contribution >= 0.6 is 11.6 Å². The lowest BCUT2D eigenvalue weighted by atomic mass is 9.91. The highest BCUT2D eigenvalue weighted by Crippen LogP contribution is 2.30. The third-order valence-corrected chi connectivity index (χ3v) is 4.32. The van der Waals surface area contributed by atoms with E-state index in [0.717, 1.165) is 36.3 Å². The Hall–Kier alpha value is -0.860. The zero-order valence-electron chi connectivity index (χ0n) is 11.0. The molecule has 3 heteroatoms. The first-order valence-electron chi connectivity index (χ1n) is 6.60. The Morgan fingerprint density at radius 3 is 2.72 bits per heavy atom. The zero-order valence-corrected chi connectivity index (χ0v) is 11.8. The van der Waals surface area contributed by atoms with E-state index >= 15 is 0 Å². The summed E-state index contributed by atoms with van der Waals surface area (Å²) in [5.41, 5.74) is 1.10. The molecule has 0 saturated heterocycles. The second-order valence-corrected chi connectivity index (χ2v) is 5.50. The molecule has 2 atom stereocenters. The summed E-state index contributed by atoms with van der Waals surface area (Å²) < 4.78 is 0. The van der Waals surface area contributed by atoms with E-state index in [-0.39, 0.29) is 12.1 Å². The fourth-order valence-corrected chi connectivity index (χ4v) is 2.99. The summed E-state index contributed by atoms with van der Waals surface area (Å²) in [6.45, 7) is 2.11. The van der Waals surface area contributed by atoms with Crippen LogP contribution in [-0.2, 0) is 4.79 Å². The molecular weight excluding hydrogens is 246 g/mol. The number of benzene rings is 1. The van der Waals surface area contributed by atoms with E-state index in [9.17, 15) is 4.79 Å². The van der Waals surface area contributed by atoms with Crippen LogP contribution in [0, 0.1) is 0 Å². The summed E-state index contributed by atoms with van der Waals surface area (Å²) in [5, 5.41) is 0.778. The topological polar surface area (TPSA) is 20.3 Å². The van der Waals surface area contributed by atoms with Crippen molar-refractivity contribution in [2.45, 2.75) is 44.7 Å². The van der Waals surface area contributed by atoms with Crippen molar-refractivity contribution in [3.05, 3.63) is 34.9 Å². The molecule has 0 amide bonds. The van der Waals surface area contributed by atoms with Gasteiger partial charge in [-0.3, -0.25) is 9.69 Å². The van der Waals surface area contributed by atoms with Gasteiger partial charge in [-0.2, -0.15) is 0 Å². The molecule has 1 aromatic rings. The van der Waals surface area contributed by atoms with Gasteiger partial charge in [-0.15, -0.1) is 0 Å². The molecular formula is C15H20ClNO.